The van der Waals surface area contributed by atoms with Crippen LogP contribution in [0.4, 0.5) is 0 Å². The van der Waals surface area contributed by atoms with Gasteiger partial charge in [0.2, 0.25) is 10.0 Å². The molecule has 5 nitrogen and oxygen atoms in total. The van der Waals surface area contributed by atoms with Gasteiger partial charge in [0.1, 0.15) is 4.90 Å². The Balaban J connectivity index is 2.81. The van der Waals surface area contributed by atoms with Gasteiger partial charge in [-0.3, -0.25) is 4.79 Å². The third-order valence-corrected chi connectivity index (χ3v) is 4.49. The third-order valence-electron chi connectivity index (χ3n) is 2.05. The molecule has 1 aromatic rings. The first kappa shape index (κ1) is 15.2. The molecule has 0 heterocycles. The van der Waals surface area contributed by atoms with Crippen molar-refractivity contribution in [3.63, 3.8) is 0 Å². The summed E-state index contributed by atoms with van der Waals surface area (Å²) in [6.45, 7) is -0.0716. The molecule has 0 amide bonds. The molecule has 0 unspecified atom stereocenters. The summed E-state index contributed by atoms with van der Waals surface area (Å²) in [6.07, 6.45) is -0.0616. The summed E-state index contributed by atoms with van der Waals surface area (Å²) in [4.78, 5) is 10.7. The molecule has 1 N–H and O–H groups in total. The van der Waals surface area contributed by atoms with Crippen molar-refractivity contribution in [1.82, 2.24) is 4.72 Å². The number of sulfonamides is 1. The maximum Gasteiger partial charge on any atom is 0.306 e. The van der Waals surface area contributed by atoms with Gasteiger partial charge in [0.15, 0.2) is 0 Å². The number of methoxy groups -OCH3 is 1. The van der Waals surface area contributed by atoms with Crippen molar-refractivity contribution in [2.75, 3.05) is 13.7 Å². The van der Waals surface area contributed by atoms with Crippen LogP contribution in [0.5, 0.6) is 0 Å². The van der Waals surface area contributed by atoms with Crippen molar-refractivity contribution in [1.29, 1.82) is 0 Å². The summed E-state index contributed by atoms with van der Waals surface area (Å²) in [5.74, 6) is -0.505. The first-order valence-corrected chi connectivity index (χ1v) is 7.13. The lowest BCUT2D eigenvalue weighted by Crippen LogP contribution is -2.26. The van der Waals surface area contributed by atoms with Crippen molar-refractivity contribution in [3.05, 3.63) is 28.2 Å². The quantitative estimate of drug-likeness (QED) is 0.842. The van der Waals surface area contributed by atoms with Crippen molar-refractivity contribution in [3.8, 4) is 0 Å². The molecule has 8 heteroatoms. The third kappa shape index (κ3) is 3.84. The second-order valence-electron chi connectivity index (χ2n) is 3.28. The SMILES string of the molecule is COC(=O)CCNS(=O)(=O)c1cccc(Cl)c1Cl. The van der Waals surface area contributed by atoms with Gasteiger partial charge in [-0.2, -0.15) is 0 Å². The molecule has 18 heavy (non-hydrogen) atoms. The maximum absolute atomic E-state index is 11.9. The van der Waals surface area contributed by atoms with Crippen LogP contribution in [-0.2, 0) is 19.6 Å². The molecule has 100 valence electrons. The summed E-state index contributed by atoms with van der Waals surface area (Å²) in [5.41, 5.74) is 0. The Hall–Kier alpha value is -0.820. The van der Waals surface area contributed by atoms with Crippen LogP contribution < -0.4 is 4.72 Å². The normalized spacial score (nSPS) is 11.3. The topological polar surface area (TPSA) is 72.5 Å². The van der Waals surface area contributed by atoms with Crippen LogP contribution in [0, 0.1) is 0 Å². The second kappa shape index (κ2) is 6.38. The molecule has 0 aliphatic heterocycles. The summed E-state index contributed by atoms with van der Waals surface area (Å²) < 4.78 is 30.4. The highest BCUT2D eigenvalue weighted by Crippen LogP contribution is 2.28. The monoisotopic (exact) mass is 311 g/mol. The van der Waals surface area contributed by atoms with E-state index in [4.69, 9.17) is 23.2 Å². The van der Waals surface area contributed by atoms with Gasteiger partial charge in [0.25, 0.3) is 0 Å². The minimum atomic E-state index is -3.79. The van der Waals surface area contributed by atoms with Crippen LogP contribution in [0.2, 0.25) is 10.0 Å². The molecule has 0 saturated heterocycles. The van der Waals surface area contributed by atoms with E-state index in [2.05, 4.69) is 9.46 Å². The first-order chi connectivity index (χ1) is 8.38. The Labute approximate surface area is 115 Å². The van der Waals surface area contributed by atoms with Crippen molar-refractivity contribution >= 4 is 39.2 Å². The number of carbonyl (C=O) groups excluding carboxylic acids is 1. The Morgan fingerprint density at radius 2 is 2.06 bits per heavy atom. The van der Waals surface area contributed by atoms with E-state index in [1.807, 2.05) is 0 Å². The Morgan fingerprint density at radius 1 is 1.39 bits per heavy atom. The number of hydrogen-bond acceptors (Lipinski definition) is 4. The number of esters is 1. The fourth-order valence-corrected chi connectivity index (χ4v) is 2.95. The fraction of sp³-hybridized carbons (Fsp3) is 0.300. The lowest BCUT2D eigenvalue weighted by Gasteiger charge is -2.08. The van der Waals surface area contributed by atoms with Crippen LogP contribution in [0.15, 0.2) is 23.1 Å². The Morgan fingerprint density at radius 3 is 2.67 bits per heavy atom. The van der Waals surface area contributed by atoms with Gasteiger partial charge < -0.3 is 4.74 Å². The smallest absolute Gasteiger partial charge is 0.306 e. The number of halogens is 2. The van der Waals surface area contributed by atoms with Gasteiger partial charge in [-0.25, -0.2) is 13.1 Å². The maximum atomic E-state index is 11.9. The molecule has 0 radical (unpaired) electrons. The molecule has 0 atom stereocenters. The zero-order valence-electron chi connectivity index (χ0n) is 9.44. The van der Waals surface area contributed by atoms with Crippen molar-refractivity contribution < 1.29 is 17.9 Å². The summed E-state index contributed by atoms with van der Waals surface area (Å²) in [6, 6.07) is 4.29. The fourth-order valence-electron chi connectivity index (χ4n) is 1.16. The van der Waals surface area contributed by atoms with Gasteiger partial charge in [0, 0.05) is 6.54 Å². The van der Waals surface area contributed by atoms with Crippen LogP contribution in [-0.4, -0.2) is 28.0 Å². The summed E-state index contributed by atoms with van der Waals surface area (Å²) >= 11 is 11.5. The van der Waals surface area contributed by atoms with E-state index >= 15 is 0 Å². The lowest BCUT2D eigenvalue weighted by atomic mass is 10.4. The van der Waals surface area contributed by atoms with Gasteiger partial charge in [0.05, 0.1) is 23.6 Å². The van der Waals surface area contributed by atoms with Gasteiger partial charge in [-0.05, 0) is 12.1 Å². The predicted molar refractivity (Wildman–Crippen MR) is 68.3 cm³/mol. The molecule has 0 aliphatic rings. The predicted octanol–water partition coefficient (Wildman–Crippen LogP) is 1.83. The molecule has 1 rings (SSSR count). The van der Waals surface area contributed by atoms with Gasteiger partial charge in [-0.15, -0.1) is 0 Å². The zero-order valence-corrected chi connectivity index (χ0v) is 11.8. The molecule has 0 aliphatic carbocycles. The molecule has 0 bridgehead atoms. The molecular formula is C10H11Cl2NO4S. The van der Waals surface area contributed by atoms with Crippen molar-refractivity contribution in [2.45, 2.75) is 11.3 Å². The first-order valence-electron chi connectivity index (χ1n) is 4.89. The zero-order chi connectivity index (χ0) is 13.8. The Bertz CT molecular complexity index is 545. The lowest BCUT2D eigenvalue weighted by molar-refractivity contribution is -0.140. The molecule has 0 aromatic heterocycles. The van der Waals surface area contributed by atoms with E-state index in [-0.39, 0.29) is 27.9 Å². The van der Waals surface area contributed by atoms with E-state index in [9.17, 15) is 13.2 Å². The van der Waals surface area contributed by atoms with E-state index in [0.29, 0.717) is 0 Å². The largest absolute Gasteiger partial charge is 0.469 e. The van der Waals surface area contributed by atoms with Crippen LogP contribution in [0.3, 0.4) is 0 Å². The number of carbonyl (C=O) groups is 1. The minimum Gasteiger partial charge on any atom is -0.469 e. The highest BCUT2D eigenvalue weighted by molar-refractivity contribution is 7.89. The highest BCUT2D eigenvalue weighted by atomic mass is 35.5. The highest BCUT2D eigenvalue weighted by Gasteiger charge is 2.19. The number of rotatable bonds is 5. The van der Waals surface area contributed by atoms with Crippen LogP contribution >= 0.6 is 23.2 Å². The minimum absolute atomic E-state index is 0.0512. The standard InChI is InChI=1S/C10H11Cl2NO4S/c1-17-9(14)5-6-13-18(15,16)8-4-2-3-7(11)10(8)12/h2-4,13H,5-6H2,1H3. The van der Waals surface area contributed by atoms with E-state index in [1.54, 1.807) is 0 Å². The average Bonchev–Trinajstić information content (AvgIpc) is 2.32. The summed E-state index contributed by atoms with van der Waals surface area (Å²) in [5, 5.41) is 0.0947. The number of ether oxygens (including phenoxy) is 1. The van der Waals surface area contributed by atoms with Crippen LogP contribution in [0.25, 0.3) is 0 Å². The molecule has 0 saturated carbocycles. The summed E-state index contributed by atoms with van der Waals surface area (Å²) in [7, 11) is -2.56. The van der Waals surface area contributed by atoms with Gasteiger partial charge >= 0.3 is 5.97 Å². The molecule has 1 aromatic carbocycles. The molecular weight excluding hydrogens is 301 g/mol. The van der Waals surface area contributed by atoms with Gasteiger partial charge in [-0.1, -0.05) is 29.3 Å². The number of nitrogens with one attached hydrogen (secondary N) is 1. The average molecular weight is 312 g/mol. The molecule has 0 spiro atoms. The number of benzene rings is 1. The second-order valence-corrected chi connectivity index (χ2v) is 5.80. The number of hydrogen-bond donors (Lipinski definition) is 1. The van der Waals surface area contributed by atoms with Crippen LogP contribution in [0.1, 0.15) is 6.42 Å². The van der Waals surface area contributed by atoms with E-state index < -0.39 is 16.0 Å². The van der Waals surface area contributed by atoms with E-state index in [0.717, 1.165) is 0 Å². The van der Waals surface area contributed by atoms with E-state index in [1.165, 1.54) is 25.3 Å². The Kier molecular flexibility index (Phi) is 5.40. The van der Waals surface area contributed by atoms with Crippen molar-refractivity contribution in [2.24, 2.45) is 0 Å². The molecule has 0 fully saturated rings.